The molecule has 8 heteroatoms. The number of hydrogen-bond donors (Lipinski definition) is 0. The third kappa shape index (κ3) is 2.91. The molecular formula is C19H23N3O3S2. The van der Waals surface area contributed by atoms with E-state index in [1.54, 1.807) is 11.3 Å². The average molecular weight is 406 g/mol. The van der Waals surface area contributed by atoms with Crippen LogP contribution in [-0.2, 0) is 15.0 Å². The first-order valence-electron chi connectivity index (χ1n) is 8.93. The van der Waals surface area contributed by atoms with E-state index >= 15 is 0 Å². The molecule has 2 atom stereocenters. The highest BCUT2D eigenvalue weighted by molar-refractivity contribution is 7.86. The Morgan fingerprint density at radius 2 is 1.93 bits per heavy atom. The van der Waals surface area contributed by atoms with Gasteiger partial charge in [-0.25, -0.2) is 0 Å². The van der Waals surface area contributed by atoms with Gasteiger partial charge in [-0.05, 0) is 23.4 Å². The minimum atomic E-state index is -3.58. The lowest BCUT2D eigenvalue weighted by molar-refractivity contribution is -0.125. The zero-order chi connectivity index (χ0) is 19.2. The first-order chi connectivity index (χ1) is 12.9. The van der Waals surface area contributed by atoms with Gasteiger partial charge < -0.3 is 4.90 Å². The number of thiophene rings is 1. The lowest BCUT2D eigenvalue weighted by Crippen LogP contribution is -2.42. The van der Waals surface area contributed by atoms with Crippen LogP contribution in [0.4, 0.5) is 5.69 Å². The molecule has 0 saturated carbocycles. The highest BCUT2D eigenvalue weighted by Crippen LogP contribution is 2.51. The molecule has 1 aromatic heterocycles. The predicted molar refractivity (Wildman–Crippen MR) is 107 cm³/mol. The van der Waals surface area contributed by atoms with Crippen LogP contribution in [0.25, 0.3) is 0 Å². The number of rotatable bonds is 4. The van der Waals surface area contributed by atoms with Gasteiger partial charge in [0.15, 0.2) is 0 Å². The third-order valence-electron chi connectivity index (χ3n) is 5.77. The van der Waals surface area contributed by atoms with Crippen LogP contribution >= 0.6 is 11.3 Å². The molecule has 6 nitrogen and oxygen atoms in total. The van der Waals surface area contributed by atoms with Crippen molar-refractivity contribution in [3.63, 3.8) is 0 Å². The molecule has 144 valence electrons. The SMILES string of the molecule is CN(C)S(=O)(=O)N1C[C@@H](c2ccccc2)[C@@]2(CCN(c3ccsc3)C2=O)C1. The number of nitrogens with zero attached hydrogens (tertiary/aromatic N) is 3. The monoisotopic (exact) mass is 405 g/mol. The quantitative estimate of drug-likeness (QED) is 0.785. The second-order valence-corrected chi connectivity index (χ2v) is 10.3. The summed E-state index contributed by atoms with van der Waals surface area (Å²) in [6.07, 6.45) is 0.653. The van der Waals surface area contributed by atoms with Crippen molar-refractivity contribution in [2.45, 2.75) is 12.3 Å². The van der Waals surface area contributed by atoms with Gasteiger partial charge in [0.25, 0.3) is 10.2 Å². The summed E-state index contributed by atoms with van der Waals surface area (Å²) in [5.74, 6) is -0.115. The lowest BCUT2D eigenvalue weighted by Gasteiger charge is -2.29. The van der Waals surface area contributed by atoms with Gasteiger partial charge in [-0.15, -0.1) is 0 Å². The third-order valence-corrected chi connectivity index (χ3v) is 8.30. The number of amides is 1. The molecule has 1 spiro atoms. The van der Waals surface area contributed by atoms with Crippen LogP contribution in [0.1, 0.15) is 17.9 Å². The Morgan fingerprint density at radius 1 is 1.19 bits per heavy atom. The minimum absolute atomic E-state index is 0.0335. The predicted octanol–water partition coefficient (Wildman–Crippen LogP) is 2.38. The molecule has 2 fully saturated rings. The van der Waals surface area contributed by atoms with Crippen molar-refractivity contribution in [2.75, 3.05) is 38.6 Å². The first kappa shape index (κ1) is 18.6. The van der Waals surface area contributed by atoms with E-state index in [2.05, 4.69) is 0 Å². The van der Waals surface area contributed by atoms with Crippen molar-refractivity contribution in [1.29, 1.82) is 0 Å². The van der Waals surface area contributed by atoms with Gasteiger partial charge >= 0.3 is 0 Å². The van der Waals surface area contributed by atoms with Crippen LogP contribution in [0.3, 0.4) is 0 Å². The van der Waals surface area contributed by atoms with Gasteiger partial charge in [-0.3, -0.25) is 4.79 Å². The summed E-state index contributed by atoms with van der Waals surface area (Å²) in [7, 11) is -0.510. The minimum Gasteiger partial charge on any atom is -0.311 e. The average Bonchev–Trinajstić information content (AvgIpc) is 3.37. The van der Waals surface area contributed by atoms with E-state index in [0.717, 1.165) is 11.3 Å². The molecular weight excluding hydrogens is 382 g/mol. The van der Waals surface area contributed by atoms with Crippen LogP contribution < -0.4 is 4.90 Å². The van der Waals surface area contributed by atoms with E-state index < -0.39 is 15.6 Å². The number of hydrogen-bond acceptors (Lipinski definition) is 4. The van der Waals surface area contributed by atoms with Gasteiger partial charge in [-0.1, -0.05) is 30.3 Å². The zero-order valence-corrected chi connectivity index (χ0v) is 17.0. The molecule has 0 bridgehead atoms. The number of carbonyl (C=O) groups excluding carboxylic acids is 1. The van der Waals surface area contributed by atoms with E-state index in [-0.39, 0.29) is 18.4 Å². The van der Waals surface area contributed by atoms with Crippen molar-refractivity contribution in [3.05, 3.63) is 52.7 Å². The zero-order valence-electron chi connectivity index (χ0n) is 15.4. The molecule has 2 saturated heterocycles. The van der Waals surface area contributed by atoms with Crippen LogP contribution in [-0.4, -0.2) is 56.7 Å². The van der Waals surface area contributed by atoms with Crippen LogP contribution in [0.5, 0.6) is 0 Å². The number of benzene rings is 1. The molecule has 0 unspecified atom stereocenters. The Kier molecular flexibility index (Phi) is 4.62. The van der Waals surface area contributed by atoms with E-state index in [9.17, 15) is 13.2 Å². The number of carbonyl (C=O) groups is 1. The van der Waals surface area contributed by atoms with Gasteiger partial charge in [0.1, 0.15) is 0 Å². The molecule has 3 heterocycles. The largest absolute Gasteiger partial charge is 0.311 e. The van der Waals surface area contributed by atoms with Gasteiger partial charge in [0.2, 0.25) is 5.91 Å². The summed E-state index contributed by atoms with van der Waals surface area (Å²) in [6.45, 7) is 1.18. The summed E-state index contributed by atoms with van der Waals surface area (Å²) in [5, 5.41) is 3.93. The van der Waals surface area contributed by atoms with Gasteiger partial charge in [0, 0.05) is 45.0 Å². The van der Waals surface area contributed by atoms with Crippen molar-refractivity contribution in [1.82, 2.24) is 8.61 Å². The van der Waals surface area contributed by atoms with Crippen LogP contribution in [0, 0.1) is 5.41 Å². The Bertz CT molecular complexity index is 928. The second-order valence-electron chi connectivity index (χ2n) is 7.39. The summed E-state index contributed by atoms with van der Waals surface area (Å²) in [4.78, 5) is 15.4. The summed E-state index contributed by atoms with van der Waals surface area (Å²) in [6, 6.07) is 11.8. The van der Waals surface area contributed by atoms with Crippen molar-refractivity contribution in [2.24, 2.45) is 5.41 Å². The molecule has 0 aliphatic carbocycles. The van der Waals surface area contributed by atoms with Gasteiger partial charge in [0.05, 0.1) is 11.1 Å². The molecule has 27 heavy (non-hydrogen) atoms. The Balaban J connectivity index is 1.76. The fourth-order valence-corrected chi connectivity index (χ4v) is 6.13. The standard InChI is InChI=1S/C19H23N3O3S2/c1-20(2)27(24,25)21-12-17(15-6-4-3-5-7-15)19(14-21)9-10-22(18(19)23)16-8-11-26-13-16/h3-8,11,13,17H,9-10,12,14H2,1-2H3/t17-,19+/m0/s1. The molecule has 2 aliphatic heterocycles. The molecule has 1 aromatic carbocycles. The molecule has 1 amide bonds. The molecule has 2 aromatic rings. The molecule has 4 rings (SSSR count). The topological polar surface area (TPSA) is 60.9 Å². The normalized spacial score (nSPS) is 26.6. The van der Waals surface area contributed by atoms with Crippen LogP contribution in [0.2, 0.25) is 0 Å². The molecule has 2 aliphatic rings. The van der Waals surface area contributed by atoms with E-state index in [1.807, 2.05) is 52.1 Å². The maximum absolute atomic E-state index is 13.5. The van der Waals surface area contributed by atoms with E-state index in [4.69, 9.17) is 0 Å². The first-order valence-corrected chi connectivity index (χ1v) is 11.3. The smallest absolute Gasteiger partial charge is 0.281 e. The summed E-state index contributed by atoms with van der Waals surface area (Å²) >= 11 is 1.56. The molecule has 0 radical (unpaired) electrons. The van der Waals surface area contributed by atoms with E-state index in [0.29, 0.717) is 19.5 Å². The van der Waals surface area contributed by atoms with Gasteiger partial charge in [-0.2, -0.15) is 28.4 Å². The van der Waals surface area contributed by atoms with Crippen molar-refractivity contribution < 1.29 is 13.2 Å². The maximum atomic E-state index is 13.5. The Labute approximate surface area is 164 Å². The number of anilines is 1. The fraction of sp³-hybridized carbons (Fsp3) is 0.421. The summed E-state index contributed by atoms with van der Waals surface area (Å²) < 4.78 is 28.3. The van der Waals surface area contributed by atoms with Crippen molar-refractivity contribution in [3.8, 4) is 0 Å². The maximum Gasteiger partial charge on any atom is 0.281 e. The van der Waals surface area contributed by atoms with Crippen LogP contribution in [0.15, 0.2) is 47.2 Å². The fourth-order valence-electron chi connectivity index (χ4n) is 4.30. The van der Waals surface area contributed by atoms with Crippen molar-refractivity contribution >= 4 is 33.1 Å². The Hall–Kier alpha value is -1.74. The second kappa shape index (κ2) is 6.70. The van der Waals surface area contributed by atoms with E-state index in [1.165, 1.54) is 22.7 Å². The Morgan fingerprint density at radius 3 is 2.56 bits per heavy atom. The summed E-state index contributed by atoms with van der Waals surface area (Å²) in [5.41, 5.74) is 1.21. The lowest BCUT2D eigenvalue weighted by atomic mass is 9.73. The highest BCUT2D eigenvalue weighted by Gasteiger charge is 2.59. The molecule has 0 N–H and O–H groups in total. The highest BCUT2D eigenvalue weighted by atomic mass is 32.2.